The first-order chi connectivity index (χ1) is 12.8. The Balaban J connectivity index is 2.07. The molecular formula is C19H24N2O5S. The maximum absolute atomic E-state index is 12.5. The van der Waals surface area contributed by atoms with Gasteiger partial charge in [-0.25, -0.2) is 13.1 Å². The van der Waals surface area contributed by atoms with E-state index in [0.29, 0.717) is 11.5 Å². The third-order valence-electron chi connectivity index (χ3n) is 4.34. The van der Waals surface area contributed by atoms with E-state index in [9.17, 15) is 13.2 Å². The van der Waals surface area contributed by atoms with Crippen molar-refractivity contribution in [2.75, 3.05) is 27.8 Å². The molecule has 2 aromatic carbocycles. The fraction of sp³-hybridized carbons (Fsp3) is 0.316. The van der Waals surface area contributed by atoms with Gasteiger partial charge in [-0.1, -0.05) is 30.3 Å². The predicted octanol–water partition coefficient (Wildman–Crippen LogP) is 2.20. The average Bonchev–Trinajstić information content (AvgIpc) is 2.70. The Morgan fingerprint density at radius 2 is 1.70 bits per heavy atom. The summed E-state index contributed by atoms with van der Waals surface area (Å²) in [6.07, 6.45) is 0. The first-order valence-electron chi connectivity index (χ1n) is 8.32. The van der Waals surface area contributed by atoms with Crippen molar-refractivity contribution in [3.8, 4) is 11.5 Å². The molecule has 0 saturated carbocycles. The molecule has 146 valence electrons. The lowest BCUT2D eigenvalue weighted by Crippen LogP contribution is -2.39. The molecule has 0 fully saturated rings. The van der Waals surface area contributed by atoms with Gasteiger partial charge in [-0.3, -0.25) is 4.79 Å². The van der Waals surface area contributed by atoms with Crippen LogP contribution in [0.5, 0.6) is 11.5 Å². The molecule has 0 spiro atoms. The monoisotopic (exact) mass is 392 g/mol. The van der Waals surface area contributed by atoms with Crippen molar-refractivity contribution < 1.29 is 22.7 Å². The van der Waals surface area contributed by atoms with E-state index in [0.717, 1.165) is 5.56 Å². The summed E-state index contributed by atoms with van der Waals surface area (Å²) in [7, 11) is 0.660. The summed E-state index contributed by atoms with van der Waals surface area (Å²) in [6, 6.07) is 13.6. The van der Waals surface area contributed by atoms with E-state index < -0.39 is 10.0 Å². The van der Waals surface area contributed by atoms with Crippen molar-refractivity contribution in [1.29, 1.82) is 0 Å². The normalized spacial score (nSPS) is 12.3. The Bertz CT molecular complexity index is 884. The number of sulfonamides is 1. The highest BCUT2D eigenvalue weighted by Crippen LogP contribution is 2.29. The summed E-state index contributed by atoms with van der Waals surface area (Å²) in [5.41, 5.74) is 0.969. The van der Waals surface area contributed by atoms with Crippen LogP contribution in [0.25, 0.3) is 0 Å². The van der Waals surface area contributed by atoms with Crippen LogP contribution in [0.15, 0.2) is 53.4 Å². The molecule has 2 aromatic rings. The minimum atomic E-state index is -3.87. The first kappa shape index (κ1) is 20.7. The summed E-state index contributed by atoms with van der Waals surface area (Å²) >= 11 is 0. The SMILES string of the molecule is COc1ccc(S(=O)(=O)NCC(=O)N(C)[C@@H](C)c2ccccc2)cc1OC. The summed E-state index contributed by atoms with van der Waals surface area (Å²) in [5.74, 6) is 0.376. The lowest BCUT2D eigenvalue weighted by molar-refractivity contribution is -0.130. The van der Waals surface area contributed by atoms with E-state index in [2.05, 4.69) is 4.72 Å². The predicted molar refractivity (Wildman–Crippen MR) is 102 cm³/mol. The molecule has 0 unspecified atom stereocenters. The zero-order valence-corrected chi connectivity index (χ0v) is 16.6. The smallest absolute Gasteiger partial charge is 0.241 e. The maximum atomic E-state index is 12.5. The molecular weight excluding hydrogens is 368 g/mol. The minimum Gasteiger partial charge on any atom is -0.493 e. The molecule has 8 heteroatoms. The second-order valence-corrected chi connectivity index (χ2v) is 7.70. The third kappa shape index (κ3) is 4.99. The van der Waals surface area contributed by atoms with Crippen molar-refractivity contribution >= 4 is 15.9 Å². The average molecular weight is 392 g/mol. The number of rotatable bonds is 8. The second kappa shape index (κ2) is 8.88. The van der Waals surface area contributed by atoms with E-state index in [1.807, 2.05) is 37.3 Å². The van der Waals surface area contributed by atoms with Crippen LogP contribution in [-0.2, 0) is 14.8 Å². The first-order valence-corrected chi connectivity index (χ1v) is 9.80. The van der Waals surface area contributed by atoms with Gasteiger partial charge < -0.3 is 14.4 Å². The number of amides is 1. The molecule has 1 amide bonds. The highest BCUT2D eigenvalue weighted by Gasteiger charge is 2.21. The highest BCUT2D eigenvalue weighted by atomic mass is 32.2. The molecule has 0 saturated heterocycles. The minimum absolute atomic E-state index is 0.00768. The van der Waals surface area contributed by atoms with Gasteiger partial charge >= 0.3 is 0 Å². The Morgan fingerprint density at radius 3 is 2.30 bits per heavy atom. The summed E-state index contributed by atoms with van der Waals surface area (Å²) in [5, 5.41) is 0. The van der Waals surface area contributed by atoms with Crippen LogP contribution in [0.3, 0.4) is 0 Å². The maximum Gasteiger partial charge on any atom is 0.241 e. The summed E-state index contributed by atoms with van der Waals surface area (Å²) in [4.78, 5) is 13.9. The Hall–Kier alpha value is -2.58. The molecule has 0 bridgehead atoms. The summed E-state index contributed by atoms with van der Waals surface area (Å²) < 4.78 is 37.5. The number of likely N-dealkylation sites (N-methyl/N-ethyl adjacent to an activating group) is 1. The van der Waals surface area contributed by atoms with Crippen LogP contribution in [-0.4, -0.2) is 47.0 Å². The van der Waals surface area contributed by atoms with Gasteiger partial charge in [0.1, 0.15) is 0 Å². The molecule has 2 rings (SSSR count). The quantitative estimate of drug-likeness (QED) is 0.744. The highest BCUT2D eigenvalue weighted by molar-refractivity contribution is 7.89. The van der Waals surface area contributed by atoms with E-state index >= 15 is 0 Å². The molecule has 0 radical (unpaired) electrons. The molecule has 1 N–H and O–H groups in total. The zero-order valence-electron chi connectivity index (χ0n) is 15.8. The van der Waals surface area contributed by atoms with Crippen LogP contribution in [0.2, 0.25) is 0 Å². The molecule has 7 nitrogen and oxygen atoms in total. The van der Waals surface area contributed by atoms with Gasteiger partial charge in [-0.05, 0) is 24.6 Å². The number of hydrogen-bond donors (Lipinski definition) is 1. The molecule has 27 heavy (non-hydrogen) atoms. The number of carbonyl (C=O) groups is 1. The second-order valence-electron chi connectivity index (χ2n) is 5.93. The van der Waals surface area contributed by atoms with Gasteiger partial charge in [0.05, 0.1) is 31.7 Å². The fourth-order valence-corrected chi connectivity index (χ4v) is 3.51. The molecule has 0 heterocycles. The van der Waals surface area contributed by atoms with Crippen LogP contribution in [0.1, 0.15) is 18.5 Å². The third-order valence-corrected chi connectivity index (χ3v) is 5.73. The topological polar surface area (TPSA) is 84.9 Å². The van der Waals surface area contributed by atoms with Crippen molar-refractivity contribution in [3.05, 3.63) is 54.1 Å². The van der Waals surface area contributed by atoms with Gasteiger partial charge in [0, 0.05) is 13.1 Å². The Kier molecular flexibility index (Phi) is 6.81. The van der Waals surface area contributed by atoms with E-state index in [4.69, 9.17) is 9.47 Å². The van der Waals surface area contributed by atoms with Crippen LogP contribution >= 0.6 is 0 Å². The van der Waals surface area contributed by atoms with Crippen molar-refractivity contribution in [2.24, 2.45) is 0 Å². The van der Waals surface area contributed by atoms with Crippen LogP contribution < -0.4 is 14.2 Å². The van der Waals surface area contributed by atoms with E-state index in [1.54, 1.807) is 7.05 Å². The van der Waals surface area contributed by atoms with Crippen molar-refractivity contribution in [1.82, 2.24) is 9.62 Å². The Morgan fingerprint density at radius 1 is 1.07 bits per heavy atom. The van der Waals surface area contributed by atoms with Crippen molar-refractivity contribution in [2.45, 2.75) is 17.9 Å². The van der Waals surface area contributed by atoms with Gasteiger partial charge in [-0.15, -0.1) is 0 Å². The summed E-state index contributed by atoms with van der Waals surface area (Å²) in [6.45, 7) is 1.54. The van der Waals surface area contributed by atoms with Gasteiger partial charge in [0.25, 0.3) is 0 Å². The molecule has 0 aliphatic heterocycles. The molecule has 1 atom stereocenters. The lowest BCUT2D eigenvalue weighted by Gasteiger charge is -2.25. The molecule has 0 aromatic heterocycles. The lowest BCUT2D eigenvalue weighted by atomic mass is 10.1. The van der Waals surface area contributed by atoms with E-state index in [1.165, 1.54) is 37.3 Å². The number of benzene rings is 2. The van der Waals surface area contributed by atoms with E-state index in [-0.39, 0.29) is 23.4 Å². The Labute approximate surface area is 160 Å². The number of nitrogens with one attached hydrogen (secondary N) is 1. The number of methoxy groups -OCH3 is 2. The van der Waals surface area contributed by atoms with Gasteiger partial charge in [0.15, 0.2) is 11.5 Å². The number of hydrogen-bond acceptors (Lipinski definition) is 5. The van der Waals surface area contributed by atoms with Crippen LogP contribution in [0, 0.1) is 0 Å². The van der Waals surface area contributed by atoms with Gasteiger partial charge in [0.2, 0.25) is 15.9 Å². The molecule has 0 aliphatic rings. The zero-order chi connectivity index (χ0) is 20.0. The van der Waals surface area contributed by atoms with Crippen molar-refractivity contribution in [3.63, 3.8) is 0 Å². The fourth-order valence-electron chi connectivity index (χ4n) is 2.52. The number of nitrogens with zero attached hydrogens (tertiary/aromatic N) is 1. The largest absolute Gasteiger partial charge is 0.493 e. The number of carbonyl (C=O) groups excluding carboxylic acids is 1. The van der Waals surface area contributed by atoms with Crippen LogP contribution in [0.4, 0.5) is 0 Å². The number of ether oxygens (including phenoxy) is 2. The standard InChI is InChI=1S/C19H24N2O5S/c1-14(15-8-6-5-7-9-15)21(2)19(22)13-20-27(23,24)16-10-11-17(25-3)18(12-16)26-4/h5-12,14,20H,13H2,1-4H3/t14-/m0/s1. The van der Waals surface area contributed by atoms with Gasteiger partial charge in [-0.2, -0.15) is 0 Å². The molecule has 0 aliphatic carbocycles.